The van der Waals surface area contributed by atoms with E-state index in [4.69, 9.17) is 4.84 Å². The van der Waals surface area contributed by atoms with Gasteiger partial charge in [-0.1, -0.05) is 32.3 Å². The fourth-order valence-electron chi connectivity index (χ4n) is 5.68. The van der Waals surface area contributed by atoms with Crippen LogP contribution in [0.25, 0.3) is 0 Å². The highest BCUT2D eigenvalue weighted by molar-refractivity contribution is 5.82. The Balaban J connectivity index is 2.00. The van der Waals surface area contributed by atoms with Crippen molar-refractivity contribution in [3.8, 4) is 0 Å². The van der Waals surface area contributed by atoms with E-state index in [1.54, 1.807) is 0 Å². The van der Waals surface area contributed by atoms with Gasteiger partial charge >= 0.3 is 0 Å². The molecule has 0 radical (unpaired) electrons. The molecule has 4 atom stereocenters. The van der Waals surface area contributed by atoms with E-state index in [-0.39, 0.29) is 5.60 Å². The molecule has 2 nitrogen and oxygen atoms in total. The Kier molecular flexibility index (Phi) is 2.82. The van der Waals surface area contributed by atoms with Crippen molar-refractivity contribution < 1.29 is 4.84 Å². The molecule has 2 fully saturated rings. The largest absolute Gasteiger partial charge is 0.389 e. The number of nitrogens with zero attached hydrogens (tertiary/aromatic N) is 1. The Labute approximate surface area is 118 Å². The maximum atomic E-state index is 5.95. The highest BCUT2D eigenvalue weighted by Gasteiger charge is 2.60. The number of fused-ring (bicyclic) bond motifs is 3. The fourth-order valence-corrected chi connectivity index (χ4v) is 5.68. The topological polar surface area (TPSA) is 21.6 Å². The lowest BCUT2D eigenvalue weighted by Gasteiger charge is -2.62. The van der Waals surface area contributed by atoms with Gasteiger partial charge in [0.2, 0.25) is 0 Å². The van der Waals surface area contributed by atoms with E-state index in [9.17, 15) is 0 Å². The van der Waals surface area contributed by atoms with E-state index in [0.717, 1.165) is 12.3 Å². The number of oxime groups is 1. The van der Waals surface area contributed by atoms with Gasteiger partial charge in [0.25, 0.3) is 0 Å². The van der Waals surface area contributed by atoms with Crippen LogP contribution in [0.5, 0.6) is 0 Å². The van der Waals surface area contributed by atoms with Crippen molar-refractivity contribution in [3.05, 3.63) is 0 Å². The minimum absolute atomic E-state index is 0.0157. The molecule has 0 spiro atoms. The molecule has 108 valence electrons. The molecule has 2 aliphatic carbocycles. The Morgan fingerprint density at radius 2 is 1.79 bits per heavy atom. The van der Waals surface area contributed by atoms with Gasteiger partial charge in [0.1, 0.15) is 5.60 Å². The molecule has 0 aromatic rings. The normalized spacial score (nSPS) is 48.6. The van der Waals surface area contributed by atoms with E-state index in [0.29, 0.717) is 16.7 Å². The second-order valence-electron chi connectivity index (χ2n) is 8.43. The summed E-state index contributed by atoms with van der Waals surface area (Å²) in [6.45, 7) is 11.9. The zero-order chi connectivity index (χ0) is 13.9. The van der Waals surface area contributed by atoms with E-state index in [1.165, 1.54) is 37.8 Å². The van der Waals surface area contributed by atoms with Crippen molar-refractivity contribution in [2.45, 2.75) is 78.7 Å². The molecule has 2 heteroatoms. The fraction of sp³-hybridized carbons (Fsp3) is 0.941. The zero-order valence-electron chi connectivity index (χ0n) is 13.3. The molecule has 3 rings (SSSR count). The van der Waals surface area contributed by atoms with Gasteiger partial charge in [-0.15, -0.1) is 0 Å². The summed E-state index contributed by atoms with van der Waals surface area (Å²) in [6.07, 6.45) is 7.77. The summed E-state index contributed by atoms with van der Waals surface area (Å²) in [7, 11) is 0. The van der Waals surface area contributed by atoms with E-state index < -0.39 is 0 Å². The first-order valence-corrected chi connectivity index (χ1v) is 8.00. The maximum Gasteiger partial charge on any atom is 0.138 e. The van der Waals surface area contributed by atoms with Gasteiger partial charge in [-0.3, -0.25) is 0 Å². The standard InChI is InChI=1S/C17H29NO/c1-12-11-14-16(4)9-6-8-15(2,3)13(16)7-10-17(14,5)19-18-12/h13-14H,6-11H2,1-5H3/t13-,14+,16-,17-/m1/s1. The third kappa shape index (κ3) is 1.86. The van der Waals surface area contributed by atoms with Crippen molar-refractivity contribution in [3.63, 3.8) is 0 Å². The monoisotopic (exact) mass is 263 g/mol. The minimum Gasteiger partial charge on any atom is -0.389 e. The third-order valence-electron chi connectivity index (χ3n) is 6.65. The first kappa shape index (κ1) is 13.5. The smallest absolute Gasteiger partial charge is 0.138 e. The van der Waals surface area contributed by atoms with Crippen LogP contribution in [0.3, 0.4) is 0 Å². The van der Waals surface area contributed by atoms with E-state index in [2.05, 4.69) is 39.8 Å². The van der Waals surface area contributed by atoms with Crippen LogP contribution < -0.4 is 0 Å². The predicted octanol–water partition coefficient (Wildman–Crippen LogP) is 4.78. The number of rotatable bonds is 0. The summed E-state index contributed by atoms with van der Waals surface area (Å²) in [5, 5.41) is 4.31. The molecular weight excluding hydrogens is 234 g/mol. The Bertz CT molecular complexity index is 413. The van der Waals surface area contributed by atoms with Crippen LogP contribution in [-0.4, -0.2) is 11.3 Å². The molecular formula is C17H29NO. The molecule has 0 aromatic carbocycles. The van der Waals surface area contributed by atoms with Crippen LogP contribution in [-0.2, 0) is 4.84 Å². The van der Waals surface area contributed by atoms with Crippen LogP contribution in [0.1, 0.15) is 73.1 Å². The lowest BCUT2D eigenvalue weighted by molar-refractivity contribution is -0.196. The zero-order valence-corrected chi connectivity index (χ0v) is 13.3. The van der Waals surface area contributed by atoms with Gasteiger partial charge in [-0.25, -0.2) is 0 Å². The van der Waals surface area contributed by atoms with Gasteiger partial charge in [-0.2, -0.15) is 0 Å². The average Bonchev–Trinajstić information content (AvgIpc) is 2.30. The molecule has 0 bridgehead atoms. The number of hydrogen-bond acceptors (Lipinski definition) is 2. The van der Waals surface area contributed by atoms with Crippen LogP contribution >= 0.6 is 0 Å². The summed E-state index contributed by atoms with van der Waals surface area (Å²) in [5.74, 6) is 1.50. The first-order chi connectivity index (χ1) is 8.78. The van der Waals surface area contributed by atoms with E-state index in [1.807, 2.05) is 0 Å². The second-order valence-corrected chi connectivity index (χ2v) is 8.43. The van der Waals surface area contributed by atoms with Gasteiger partial charge in [0.05, 0.1) is 5.71 Å². The summed E-state index contributed by atoms with van der Waals surface area (Å²) >= 11 is 0. The quantitative estimate of drug-likeness (QED) is 0.616. The van der Waals surface area contributed by atoms with Gasteiger partial charge in [0, 0.05) is 5.92 Å². The van der Waals surface area contributed by atoms with Crippen molar-refractivity contribution in [1.82, 2.24) is 0 Å². The minimum atomic E-state index is -0.0157. The average molecular weight is 263 g/mol. The molecule has 1 heterocycles. The summed E-state index contributed by atoms with van der Waals surface area (Å²) in [5.41, 5.74) is 2.11. The lowest BCUT2D eigenvalue weighted by atomic mass is 9.45. The third-order valence-corrected chi connectivity index (χ3v) is 6.65. The van der Waals surface area contributed by atoms with Crippen molar-refractivity contribution >= 4 is 5.71 Å². The Hall–Kier alpha value is -0.530. The predicted molar refractivity (Wildman–Crippen MR) is 79.2 cm³/mol. The molecule has 0 aromatic heterocycles. The van der Waals surface area contributed by atoms with Crippen molar-refractivity contribution in [2.24, 2.45) is 27.8 Å². The van der Waals surface area contributed by atoms with Gasteiger partial charge in [-0.05, 0) is 62.7 Å². The van der Waals surface area contributed by atoms with Crippen LogP contribution in [0.4, 0.5) is 0 Å². The highest BCUT2D eigenvalue weighted by Crippen LogP contribution is 2.64. The molecule has 0 unspecified atom stereocenters. The SMILES string of the molecule is CC1=NO[C@]2(C)CC[C@@H]3C(C)(C)CCC[C@@]3(C)[C@@H]2C1. The molecule has 0 amide bonds. The first-order valence-electron chi connectivity index (χ1n) is 8.00. The molecule has 0 N–H and O–H groups in total. The molecule has 2 saturated carbocycles. The van der Waals surface area contributed by atoms with Crippen molar-refractivity contribution in [2.75, 3.05) is 0 Å². The lowest BCUT2D eigenvalue weighted by Crippen LogP contribution is -2.59. The summed E-state index contributed by atoms with van der Waals surface area (Å²) < 4.78 is 0. The van der Waals surface area contributed by atoms with Crippen LogP contribution in [0, 0.1) is 22.7 Å². The highest BCUT2D eigenvalue weighted by atomic mass is 16.7. The van der Waals surface area contributed by atoms with Crippen LogP contribution in [0.15, 0.2) is 5.16 Å². The Morgan fingerprint density at radius 3 is 2.53 bits per heavy atom. The summed E-state index contributed by atoms with van der Waals surface area (Å²) in [6, 6.07) is 0. The second kappa shape index (κ2) is 3.99. The van der Waals surface area contributed by atoms with E-state index >= 15 is 0 Å². The van der Waals surface area contributed by atoms with Gasteiger partial charge < -0.3 is 4.84 Å². The molecule has 0 saturated heterocycles. The molecule has 1 aliphatic heterocycles. The van der Waals surface area contributed by atoms with Crippen LogP contribution in [0.2, 0.25) is 0 Å². The molecule has 19 heavy (non-hydrogen) atoms. The summed E-state index contributed by atoms with van der Waals surface area (Å²) in [4.78, 5) is 5.95. The Morgan fingerprint density at radius 1 is 1.05 bits per heavy atom. The number of hydrogen-bond donors (Lipinski definition) is 0. The maximum absolute atomic E-state index is 5.95. The van der Waals surface area contributed by atoms with Gasteiger partial charge in [0.15, 0.2) is 0 Å². The molecule has 3 aliphatic rings. The van der Waals surface area contributed by atoms with Crippen molar-refractivity contribution in [1.29, 1.82) is 0 Å².